The van der Waals surface area contributed by atoms with Gasteiger partial charge in [0.05, 0.1) is 6.42 Å². The number of hydrogen-bond acceptors (Lipinski definition) is 2. The highest BCUT2D eigenvalue weighted by atomic mass is 16.4. The van der Waals surface area contributed by atoms with Crippen molar-refractivity contribution < 1.29 is 14.7 Å². The molecule has 0 bridgehead atoms. The first-order valence-electron chi connectivity index (χ1n) is 7.02. The van der Waals surface area contributed by atoms with Gasteiger partial charge in [0, 0.05) is 12.0 Å². The normalized spacial score (nSPS) is 16.2. The number of carbonyl (C=O) groups excluding carboxylic acids is 1. The maximum Gasteiger partial charge on any atom is 0.303 e. The average molecular weight is 260 g/mol. The van der Waals surface area contributed by atoms with E-state index in [2.05, 4.69) is 0 Å². The first-order valence-corrected chi connectivity index (χ1v) is 7.02. The molecule has 2 rings (SSSR count). The molecule has 1 saturated carbocycles. The second-order valence-electron chi connectivity index (χ2n) is 5.24. The summed E-state index contributed by atoms with van der Waals surface area (Å²) in [5, 5.41) is 8.68. The summed E-state index contributed by atoms with van der Waals surface area (Å²) in [6.45, 7) is 0. The number of Topliss-reactive ketones (excluding diaryl/α,β-unsaturated/α-hetero) is 1. The molecular formula is C16H20O3. The molecule has 1 aromatic rings. The lowest BCUT2D eigenvalue weighted by Gasteiger charge is -2.23. The van der Waals surface area contributed by atoms with Gasteiger partial charge in [-0.1, -0.05) is 43.5 Å². The Bertz CT molecular complexity index is 459. The zero-order valence-corrected chi connectivity index (χ0v) is 11.1. The molecule has 0 amide bonds. The van der Waals surface area contributed by atoms with E-state index in [-0.39, 0.29) is 18.6 Å². The van der Waals surface area contributed by atoms with Crippen molar-refractivity contribution in [2.45, 2.75) is 50.9 Å². The number of carboxylic acid groups (broad SMARTS) is 1. The Kier molecular flexibility index (Phi) is 4.72. The summed E-state index contributed by atoms with van der Waals surface area (Å²) < 4.78 is 0. The minimum absolute atomic E-state index is 0.0384. The molecule has 1 aromatic carbocycles. The van der Waals surface area contributed by atoms with E-state index in [1.54, 1.807) is 0 Å². The summed E-state index contributed by atoms with van der Waals surface area (Å²) in [4.78, 5) is 22.7. The quantitative estimate of drug-likeness (QED) is 0.820. The Morgan fingerprint density at radius 3 is 2.42 bits per heavy atom. The summed E-state index contributed by atoms with van der Waals surface area (Å²) in [5.41, 5.74) is 1.85. The molecule has 0 aliphatic heterocycles. The number of rotatable bonds is 5. The summed E-state index contributed by atoms with van der Waals surface area (Å²) in [7, 11) is 0. The average Bonchev–Trinajstić information content (AvgIpc) is 2.45. The topological polar surface area (TPSA) is 54.4 Å². The molecule has 0 atom stereocenters. The molecule has 1 aliphatic rings. The molecule has 1 fully saturated rings. The number of ketones is 1. The third kappa shape index (κ3) is 3.66. The van der Waals surface area contributed by atoms with Crippen molar-refractivity contribution in [3.63, 3.8) is 0 Å². The molecule has 0 heterocycles. The minimum Gasteiger partial charge on any atom is -0.481 e. The van der Waals surface area contributed by atoms with Crippen LogP contribution in [0.2, 0.25) is 0 Å². The van der Waals surface area contributed by atoms with Gasteiger partial charge in [0.2, 0.25) is 0 Å². The minimum atomic E-state index is -0.913. The van der Waals surface area contributed by atoms with E-state index in [9.17, 15) is 9.59 Å². The van der Waals surface area contributed by atoms with Crippen LogP contribution in [-0.4, -0.2) is 16.9 Å². The van der Waals surface area contributed by atoms with Crippen molar-refractivity contribution in [1.29, 1.82) is 0 Å². The third-order valence-electron chi connectivity index (χ3n) is 3.87. The molecule has 0 radical (unpaired) electrons. The number of aliphatic carboxylic acids is 1. The molecule has 19 heavy (non-hydrogen) atoms. The maximum atomic E-state index is 12.1. The van der Waals surface area contributed by atoms with Crippen LogP contribution in [0.4, 0.5) is 0 Å². The molecule has 0 saturated heterocycles. The van der Waals surface area contributed by atoms with E-state index >= 15 is 0 Å². The zero-order valence-electron chi connectivity index (χ0n) is 11.1. The standard InChI is InChI=1S/C16H20O3/c17-15(10-11-16(18)19)14-9-5-4-8-13(14)12-6-2-1-3-7-12/h4-5,8-9,12H,1-3,6-7,10-11H2,(H,18,19). The molecule has 0 aromatic heterocycles. The monoisotopic (exact) mass is 260 g/mol. The van der Waals surface area contributed by atoms with Crippen molar-refractivity contribution in [2.75, 3.05) is 0 Å². The fraction of sp³-hybridized carbons (Fsp3) is 0.500. The smallest absolute Gasteiger partial charge is 0.303 e. The van der Waals surface area contributed by atoms with Gasteiger partial charge in [0.1, 0.15) is 0 Å². The van der Waals surface area contributed by atoms with Crippen molar-refractivity contribution in [2.24, 2.45) is 0 Å². The van der Waals surface area contributed by atoms with Crippen molar-refractivity contribution in [3.8, 4) is 0 Å². The van der Waals surface area contributed by atoms with E-state index in [4.69, 9.17) is 5.11 Å². The molecular weight excluding hydrogens is 240 g/mol. The summed E-state index contributed by atoms with van der Waals surface area (Å²) in [6.07, 6.45) is 6.03. The van der Waals surface area contributed by atoms with Gasteiger partial charge in [-0.05, 0) is 24.3 Å². The Morgan fingerprint density at radius 2 is 1.74 bits per heavy atom. The van der Waals surface area contributed by atoms with E-state index in [1.807, 2.05) is 24.3 Å². The van der Waals surface area contributed by atoms with E-state index in [1.165, 1.54) is 19.3 Å². The first kappa shape index (κ1) is 13.8. The number of carbonyl (C=O) groups is 2. The van der Waals surface area contributed by atoms with Crippen LogP contribution in [-0.2, 0) is 4.79 Å². The van der Waals surface area contributed by atoms with Crippen LogP contribution < -0.4 is 0 Å². The number of benzene rings is 1. The van der Waals surface area contributed by atoms with Crippen LogP contribution in [0.15, 0.2) is 24.3 Å². The van der Waals surface area contributed by atoms with Crippen LogP contribution in [0, 0.1) is 0 Å². The fourth-order valence-electron chi connectivity index (χ4n) is 2.88. The third-order valence-corrected chi connectivity index (χ3v) is 3.87. The number of hydrogen-bond donors (Lipinski definition) is 1. The molecule has 1 aliphatic carbocycles. The van der Waals surface area contributed by atoms with Crippen LogP contribution in [0.3, 0.4) is 0 Å². The largest absolute Gasteiger partial charge is 0.481 e. The van der Waals surface area contributed by atoms with E-state index < -0.39 is 5.97 Å². The van der Waals surface area contributed by atoms with Gasteiger partial charge in [-0.2, -0.15) is 0 Å². The van der Waals surface area contributed by atoms with Gasteiger partial charge in [-0.25, -0.2) is 0 Å². The lowest BCUT2D eigenvalue weighted by molar-refractivity contribution is -0.136. The van der Waals surface area contributed by atoms with E-state index in [0.29, 0.717) is 5.92 Å². The SMILES string of the molecule is O=C(O)CCC(=O)c1ccccc1C1CCCCC1. The van der Waals surface area contributed by atoms with Gasteiger partial charge in [0.25, 0.3) is 0 Å². The molecule has 3 nitrogen and oxygen atoms in total. The summed E-state index contributed by atoms with van der Waals surface area (Å²) >= 11 is 0. The van der Waals surface area contributed by atoms with Gasteiger partial charge < -0.3 is 5.11 Å². The molecule has 3 heteroatoms. The van der Waals surface area contributed by atoms with Gasteiger partial charge in [-0.3, -0.25) is 9.59 Å². The molecule has 102 valence electrons. The Morgan fingerprint density at radius 1 is 1.05 bits per heavy atom. The Labute approximate surface area is 113 Å². The predicted octanol–water partition coefficient (Wildman–Crippen LogP) is 3.78. The van der Waals surface area contributed by atoms with Crippen molar-refractivity contribution in [3.05, 3.63) is 35.4 Å². The Balaban J connectivity index is 2.15. The summed E-state index contributed by atoms with van der Waals surface area (Å²) in [6, 6.07) is 7.70. The lowest BCUT2D eigenvalue weighted by Crippen LogP contribution is -2.11. The molecule has 0 spiro atoms. The lowest BCUT2D eigenvalue weighted by atomic mass is 9.81. The summed E-state index contributed by atoms with van der Waals surface area (Å²) in [5.74, 6) is -0.481. The zero-order chi connectivity index (χ0) is 13.7. The van der Waals surface area contributed by atoms with Crippen molar-refractivity contribution >= 4 is 11.8 Å². The van der Waals surface area contributed by atoms with E-state index in [0.717, 1.165) is 24.0 Å². The highest BCUT2D eigenvalue weighted by molar-refractivity contribution is 5.98. The Hall–Kier alpha value is -1.64. The molecule has 1 N–H and O–H groups in total. The van der Waals surface area contributed by atoms with Crippen LogP contribution in [0.5, 0.6) is 0 Å². The molecule has 0 unspecified atom stereocenters. The number of carboxylic acids is 1. The van der Waals surface area contributed by atoms with Gasteiger partial charge in [0.15, 0.2) is 5.78 Å². The van der Waals surface area contributed by atoms with Gasteiger partial charge >= 0.3 is 5.97 Å². The van der Waals surface area contributed by atoms with Crippen LogP contribution in [0.1, 0.15) is 66.8 Å². The van der Waals surface area contributed by atoms with Crippen LogP contribution in [0.25, 0.3) is 0 Å². The highest BCUT2D eigenvalue weighted by Crippen LogP contribution is 2.34. The predicted molar refractivity (Wildman–Crippen MR) is 73.5 cm³/mol. The maximum absolute atomic E-state index is 12.1. The highest BCUT2D eigenvalue weighted by Gasteiger charge is 2.21. The first-order chi connectivity index (χ1) is 9.18. The second-order valence-corrected chi connectivity index (χ2v) is 5.24. The van der Waals surface area contributed by atoms with Gasteiger partial charge in [-0.15, -0.1) is 0 Å². The fourth-order valence-corrected chi connectivity index (χ4v) is 2.88. The second kappa shape index (κ2) is 6.50. The van der Waals surface area contributed by atoms with Crippen LogP contribution >= 0.6 is 0 Å². The van der Waals surface area contributed by atoms with Crippen molar-refractivity contribution in [1.82, 2.24) is 0 Å².